The molecule has 116 valence electrons. The Balaban J connectivity index is 2.07. The molecule has 5 nitrogen and oxygen atoms in total. The number of hydrogen-bond acceptors (Lipinski definition) is 3. The summed E-state index contributed by atoms with van der Waals surface area (Å²) in [4.78, 5) is 25.2. The van der Waals surface area contributed by atoms with E-state index in [2.05, 4.69) is 0 Å². The van der Waals surface area contributed by atoms with Crippen molar-refractivity contribution in [1.29, 1.82) is 0 Å². The lowest BCUT2D eigenvalue weighted by Crippen LogP contribution is -2.40. The number of carboxylic acid groups (broad SMARTS) is 1. The predicted octanol–water partition coefficient (Wildman–Crippen LogP) is 2.92. The molecule has 1 unspecified atom stereocenters. The van der Waals surface area contributed by atoms with Crippen molar-refractivity contribution in [2.75, 3.05) is 13.1 Å². The van der Waals surface area contributed by atoms with E-state index in [9.17, 15) is 9.59 Å². The highest BCUT2D eigenvalue weighted by Gasteiger charge is 2.28. The minimum Gasteiger partial charge on any atom is -0.481 e. The molecule has 1 amide bonds. The van der Waals surface area contributed by atoms with Crippen LogP contribution in [0, 0.1) is 26.7 Å². The molecule has 0 aliphatic carbocycles. The van der Waals surface area contributed by atoms with Crippen molar-refractivity contribution in [3.8, 4) is 0 Å². The molecule has 1 aliphatic rings. The van der Waals surface area contributed by atoms with Crippen molar-refractivity contribution < 1.29 is 19.1 Å². The fraction of sp³-hybridized carbons (Fsp3) is 0.625. The molecule has 1 fully saturated rings. The average molecular weight is 293 g/mol. The summed E-state index contributed by atoms with van der Waals surface area (Å²) in [5, 5.41) is 8.78. The normalized spacial score (nSPS) is 18.8. The van der Waals surface area contributed by atoms with Gasteiger partial charge in [0, 0.05) is 25.1 Å². The SMILES string of the molecule is Cc1oc(C)c(C(=O)N2CCCC(CCC(=O)O)C2)c1C. The van der Waals surface area contributed by atoms with Crippen LogP contribution in [0.4, 0.5) is 0 Å². The lowest BCUT2D eigenvalue weighted by atomic mass is 9.93. The van der Waals surface area contributed by atoms with Crippen LogP contribution in [-0.2, 0) is 4.79 Å². The van der Waals surface area contributed by atoms with Crippen LogP contribution in [0.25, 0.3) is 0 Å². The van der Waals surface area contributed by atoms with Gasteiger partial charge in [0.2, 0.25) is 0 Å². The third kappa shape index (κ3) is 3.46. The number of aryl methyl sites for hydroxylation is 2. The van der Waals surface area contributed by atoms with Crippen LogP contribution >= 0.6 is 0 Å². The second-order valence-electron chi connectivity index (χ2n) is 5.91. The number of amides is 1. The summed E-state index contributed by atoms with van der Waals surface area (Å²) < 4.78 is 5.54. The number of carbonyl (C=O) groups is 2. The van der Waals surface area contributed by atoms with E-state index in [0.29, 0.717) is 24.3 Å². The van der Waals surface area contributed by atoms with Gasteiger partial charge in [-0.15, -0.1) is 0 Å². The molecule has 0 radical (unpaired) electrons. The van der Waals surface area contributed by atoms with E-state index in [0.717, 1.165) is 30.7 Å². The van der Waals surface area contributed by atoms with Gasteiger partial charge in [0.25, 0.3) is 5.91 Å². The van der Waals surface area contributed by atoms with Crippen LogP contribution in [0.1, 0.15) is 53.1 Å². The Labute approximate surface area is 124 Å². The predicted molar refractivity (Wildman–Crippen MR) is 78.4 cm³/mol. The molecule has 0 aromatic carbocycles. The van der Waals surface area contributed by atoms with Gasteiger partial charge in [0.05, 0.1) is 5.56 Å². The van der Waals surface area contributed by atoms with Crippen LogP contribution < -0.4 is 0 Å². The van der Waals surface area contributed by atoms with Gasteiger partial charge in [-0.3, -0.25) is 9.59 Å². The Morgan fingerprint density at radius 2 is 2.00 bits per heavy atom. The Bertz CT molecular complexity index is 547. The zero-order chi connectivity index (χ0) is 15.6. The Morgan fingerprint density at radius 1 is 1.29 bits per heavy atom. The quantitative estimate of drug-likeness (QED) is 0.926. The van der Waals surface area contributed by atoms with Gasteiger partial charge < -0.3 is 14.4 Å². The first-order valence-corrected chi connectivity index (χ1v) is 7.47. The minimum atomic E-state index is -0.768. The third-order valence-electron chi connectivity index (χ3n) is 4.35. The summed E-state index contributed by atoms with van der Waals surface area (Å²) in [7, 11) is 0. The van der Waals surface area contributed by atoms with Gasteiger partial charge in [-0.1, -0.05) is 0 Å². The summed E-state index contributed by atoms with van der Waals surface area (Å²) >= 11 is 0. The molecule has 2 heterocycles. The van der Waals surface area contributed by atoms with E-state index < -0.39 is 5.97 Å². The highest BCUT2D eigenvalue weighted by molar-refractivity contribution is 5.97. The molecule has 1 N–H and O–H groups in total. The van der Waals surface area contributed by atoms with Crippen molar-refractivity contribution >= 4 is 11.9 Å². The average Bonchev–Trinajstić information content (AvgIpc) is 2.69. The third-order valence-corrected chi connectivity index (χ3v) is 4.35. The second-order valence-corrected chi connectivity index (χ2v) is 5.91. The first kappa shape index (κ1) is 15.6. The fourth-order valence-corrected chi connectivity index (χ4v) is 3.08. The molecule has 0 spiro atoms. The van der Waals surface area contributed by atoms with Crippen LogP contribution in [-0.4, -0.2) is 35.0 Å². The van der Waals surface area contributed by atoms with Gasteiger partial charge in [0.1, 0.15) is 11.5 Å². The number of aliphatic carboxylic acids is 1. The lowest BCUT2D eigenvalue weighted by molar-refractivity contribution is -0.137. The molecule has 1 aromatic rings. The summed E-state index contributed by atoms with van der Waals surface area (Å²) in [5.74, 6) is 0.989. The topological polar surface area (TPSA) is 70.8 Å². The van der Waals surface area contributed by atoms with Gasteiger partial charge in [-0.05, 0) is 46.0 Å². The van der Waals surface area contributed by atoms with E-state index in [4.69, 9.17) is 9.52 Å². The molecule has 21 heavy (non-hydrogen) atoms. The van der Waals surface area contributed by atoms with Gasteiger partial charge in [0.15, 0.2) is 0 Å². The second kappa shape index (κ2) is 6.33. The largest absolute Gasteiger partial charge is 0.481 e. The first-order chi connectivity index (χ1) is 9.90. The smallest absolute Gasteiger partial charge is 0.303 e. The van der Waals surface area contributed by atoms with E-state index >= 15 is 0 Å². The molecule has 2 rings (SSSR count). The molecule has 1 aromatic heterocycles. The molecular weight excluding hydrogens is 270 g/mol. The van der Waals surface area contributed by atoms with Crippen LogP contribution in [0.2, 0.25) is 0 Å². The number of hydrogen-bond donors (Lipinski definition) is 1. The highest BCUT2D eigenvalue weighted by Crippen LogP contribution is 2.26. The van der Waals surface area contributed by atoms with Crippen molar-refractivity contribution in [3.05, 3.63) is 22.6 Å². The fourth-order valence-electron chi connectivity index (χ4n) is 3.08. The molecule has 1 atom stereocenters. The summed E-state index contributed by atoms with van der Waals surface area (Å²) in [6.45, 7) is 6.98. The van der Waals surface area contributed by atoms with Crippen molar-refractivity contribution in [2.24, 2.45) is 5.92 Å². The number of piperidine rings is 1. The van der Waals surface area contributed by atoms with Gasteiger partial charge >= 0.3 is 5.97 Å². The van der Waals surface area contributed by atoms with Gasteiger partial charge in [-0.25, -0.2) is 0 Å². The number of furan rings is 1. The summed E-state index contributed by atoms with van der Waals surface area (Å²) in [5.41, 5.74) is 1.58. The maximum absolute atomic E-state index is 12.7. The lowest BCUT2D eigenvalue weighted by Gasteiger charge is -2.32. The number of rotatable bonds is 4. The van der Waals surface area contributed by atoms with Crippen molar-refractivity contribution in [2.45, 2.75) is 46.5 Å². The van der Waals surface area contributed by atoms with E-state index in [1.807, 2.05) is 25.7 Å². The monoisotopic (exact) mass is 293 g/mol. The maximum Gasteiger partial charge on any atom is 0.303 e. The molecule has 5 heteroatoms. The molecular formula is C16H23NO4. The highest BCUT2D eigenvalue weighted by atomic mass is 16.4. The van der Waals surface area contributed by atoms with E-state index in [-0.39, 0.29) is 18.2 Å². The van der Waals surface area contributed by atoms with Crippen LogP contribution in [0.5, 0.6) is 0 Å². The zero-order valence-corrected chi connectivity index (χ0v) is 12.9. The van der Waals surface area contributed by atoms with Crippen molar-refractivity contribution in [3.63, 3.8) is 0 Å². The standard InChI is InChI=1S/C16H23NO4/c1-10-11(2)21-12(3)15(10)16(20)17-8-4-5-13(9-17)6-7-14(18)19/h13H,4-9H2,1-3H3,(H,18,19). The first-order valence-electron chi connectivity index (χ1n) is 7.47. The Hall–Kier alpha value is -1.78. The van der Waals surface area contributed by atoms with Gasteiger partial charge in [-0.2, -0.15) is 0 Å². The van der Waals surface area contributed by atoms with Crippen LogP contribution in [0.3, 0.4) is 0 Å². The molecule has 0 saturated carbocycles. The molecule has 0 bridgehead atoms. The van der Waals surface area contributed by atoms with Crippen molar-refractivity contribution in [1.82, 2.24) is 4.90 Å². The van der Waals surface area contributed by atoms with Crippen LogP contribution in [0.15, 0.2) is 4.42 Å². The number of likely N-dealkylation sites (tertiary alicyclic amines) is 1. The maximum atomic E-state index is 12.7. The van der Waals surface area contributed by atoms with E-state index in [1.165, 1.54) is 0 Å². The Kier molecular flexibility index (Phi) is 4.70. The van der Waals surface area contributed by atoms with E-state index in [1.54, 1.807) is 0 Å². The molecule has 1 aliphatic heterocycles. The zero-order valence-electron chi connectivity index (χ0n) is 12.9. The summed E-state index contributed by atoms with van der Waals surface area (Å²) in [6.07, 6.45) is 2.75. The minimum absolute atomic E-state index is 0.0156. The number of carbonyl (C=O) groups excluding carboxylic acids is 1. The summed E-state index contributed by atoms with van der Waals surface area (Å²) in [6, 6.07) is 0. The molecule has 1 saturated heterocycles. The Morgan fingerprint density at radius 3 is 2.57 bits per heavy atom. The number of nitrogens with zero attached hydrogens (tertiary/aromatic N) is 1. The number of carboxylic acids is 1.